The second-order valence-electron chi connectivity index (χ2n) is 8.55. The van der Waals surface area contributed by atoms with Gasteiger partial charge in [0.05, 0.1) is 0 Å². The molecule has 2 N–H and O–H groups in total. The van der Waals surface area contributed by atoms with Crippen LogP contribution < -0.4 is 5.73 Å². The van der Waals surface area contributed by atoms with Crippen molar-refractivity contribution in [2.75, 3.05) is 26.7 Å². The summed E-state index contributed by atoms with van der Waals surface area (Å²) in [5.74, 6) is 0.649. The van der Waals surface area contributed by atoms with E-state index in [2.05, 4.69) is 13.8 Å². The zero-order chi connectivity index (χ0) is 21.0. The van der Waals surface area contributed by atoms with Crippen molar-refractivity contribution in [2.45, 2.75) is 39.2 Å². The summed E-state index contributed by atoms with van der Waals surface area (Å²) in [5.41, 5.74) is 6.85. The molecule has 0 radical (unpaired) electrons. The molecule has 0 aromatic heterocycles. The lowest BCUT2D eigenvalue weighted by Crippen LogP contribution is -2.44. The molecular formula is C24H34ClN3O2. The Kier molecular flexibility index (Phi) is 8.68. The lowest BCUT2D eigenvalue weighted by Gasteiger charge is -2.33. The Labute approximate surface area is 186 Å². The summed E-state index contributed by atoms with van der Waals surface area (Å²) >= 11 is 0. The molecule has 1 atom stereocenters. The molecule has 30 heavy (non-hydrogen) atoms. The van der Waals surface area contributed by atoms with E-state index in [0.717, 1.165) is 35.6 Å². The molecule has 1 unspecified atom stereocenters. The van der Waals surface area contributed by atoms with Crippen LogP contribution in [0.25, 0.3) is 10.8 Å². The van der Waals surface area contributed by atoms with Crippen LogP contribution in [0.1, 0.15) is 43.5 Å². The molecule has 2 aromatic rings. The van der Waals surface area contributed by atoms with Crippen LogP contribution in [0.2, 0.25) is 0 Å². The Bertz CT molecular complexity index is 857. The molecule has 0 aliphatic carbocycles. The highest BCUT2D eigenvalue weighted by Gasteiger charge is 2.30. The molecule has 1 heterocycles. The largest absolute Gasteiger partial charge is 0.345 e. The minimum atomic E-state index is -0.00755. The normalized spacial score (nSPS) is 15.7. The molecule has 1 aliphatic rings. The van der Waals surface area contributed by atoms with Crippen LogP contribution in [0.3, 0.4) is 0 Å². The maximum atomic E-state index is 13.1. The van der Waals surface area contributed by atoms with Gasteiger partial charge in [0.15, 0.2) is 0 Å². The summed E-state index contributed by atoms with van der Waals surface area (Å²) in [6.07, 6.45) is 2.25. The maximum Gasteiger partial charge on any atom is 0.254 e. The summed E-state index contributed by atoms with van der Waals surface area (Å²) in [5, 5.41) is 2.06. The van der Waals surface area contributed by atoms with Crippen LogP contribution in [0.5, 0.6) is 0 Å². The number of amides is 2. The molecule has 1 saturated heterocycles. The Morgan fingerprint density at radius 3 is 2.40 bits per heavy atom. The molecule has 164 valence electrons. The fourth-order valence-corrected chi connectivity index (χ4v) is 4.01. The molecule has 2 aromatic carbocycles. The molecule has 1 aliphatic heterocycles. The van der Waals surface area contributed by atoms with E-state index < -0.39 is 0 Å². The van der Waals surface area contributed by atoms with Crippen molar-refractivity contribution in [1.82, 2.24) is 9.80 Å². The number of nitrogens with two attached hydrogens (primary N) is 1. The predicted octanol–water partition coefficient (Wildman–Crippen LogP) is 3.95. The first-order valence-electron chi connectivity index (χ1n) is 10.7. The van der Waals surface area contributed by atoms with Crippen molar-refractivity contribution in [1.29, 1.82) is 0 Å². The van der Waals surface area contributed by atoms with E-state index >= 15 is 0 Å². The van der Waals surface area contributed by atoms with Crippen LogP contribution in [-0.2, 0) is 4.79 Å². The lowest BCUT2D eigenvalue weighted by molar-refractivity contribution is -0.135. The van der Waals surface area contributed by atoms with Gasteiger partial charge in [-0.15, -0.1) is 12.4 Å². The highest BCUT2D eigenvalue weighted by molar-refractivity contribution is 6.07. The summed E-state index contributed by atoms with van der Waals surface area (Å²) in [7, 11) is 1.86. The topological polar surface area (TPSA) is 66.6 Å². The Hall–Kier alpha value is -2.11. The number of carbonyl (C=O) groups excluding carboxylic acids is 2. The number of nitrogens with zero attached hydrogens (tertiary/aromatic N) is 2. The standard InChI is InChI=1S/C24H33N3O2.ClH/c1-17(2)22(25)13-14-26(3)23(28)19-11-15-27(16-12-19)24(29)21-10-6-8-18-7-4-5-9-20(18)21;/h4-10,17,19,22H,11-16,25H2,1-3H3;1H. The van der Waals surface area contributed by atoms with Gasteiger partial charge in [-0.25, -0.2) is 0 Å². The Morgan fingerprint density at radius 1 is 1.10 bits per heavy atom. The van der Waals surface area contributed by atoms with Crippen molar-refractivity contribution in [3.8, 4) is 0 Å². The molecule has 6 heteroatoms. The van der Waals surface area contributed by atoms with Gasteiger partial charge in [0.25, 0.3) is 5.91 Å². The van der Waals surface area contributed by atoms with Gasteiger partial charge in [0.2, 0.25) is 5.91 Å². The quantitative estimate of drug-likeness (QED) is 0.753. The fraction of sp³-hybridized carbons (Fsp3) is 0.500. The van der Waals surface area contributed by atoms with E-state index in [0.29, 0.717) is 25.6 Å². The number of piperidine rings is 1. The molecular weight excluding hydrogens is 398 g/mol. The van der Waals surface area contributed by atoms with Gasteiger partial charge in [0, 0.05) is 44.2 Å². The van der Waals surface area contributed by atoms with Gasteiger partial charge in [-0.05, 0) is 42.0 Å². The summed E-state index contributed by atoms with van der Waals surface area (Å²) in [6.45, 7) is 6.15. The second-order valence-corrected chi connectivity index (χ2v) is 8.55. The van der Waals surface area contributed by atoms with Crippen molar-refractivity contribution >= 4 is 35.0 Å². The fourth-order valence-electron chi connectivity index (χ4n) is 4.01. The molecule has 0 saturated carbocycles. The van der Waals surface area contributed by atoms with Crippen LogP contribution in [0.4, 0.5) is 0 Å². The molecule has 5 nitrogen and oxygen atoms in total. The predicted molar refractivity (Wildman–Crippen MR) is 125 cm³/mol. The molecule has 2 amide bonds. The number of hydrogen-bond acceptors (Lipinski definition) is 3. The van der Waals surface area contributed by atoms with Crippen LogP contribution in [0.15, 0.2) is 42.5 Å². The van der Waals surface area contributed by atoms with E-state index in [1.165, 1.54) is 0 Å². The smallest absolute Gasteiger partial charge is 0.254 e. The van der Waals surface area contributed by atoms with Crippen LogP contribution in [-0.4, -0.2) is 54.3 Å². The van der Waals surface area contributed by atoms with Crippen molar-refractivity contribution in [3.05, 3.63) is 48.0 Å². The third kappa shape index (κ3) is 5.52. The average Bonchev–Trinajstić information content (AvgIpc) is 2.75. The number of fused-ring (bicyclic) bond motifs is 1. The zero-order valence-corrected chi connectivity index (χ0v) is 19.0. The first-order chi connectivity index (χ1) is 13.9. The van der Waals surface area contributed by atoms with E-state index in [9.17, 15) is 9.59 Å². The zero-order valence-electron chi connectivity index (χ0n) is 18.2. The molecule has 0 spiro atoms. The summed E-state index contributed by atoms with van der Waals surface area (Å²) < 4.78 is 0. The SMILES string of the molecule is CC(C)C(N)CCN(C)C(=O)C1CCN(C(=O)c2cccc3ccccc23)CC1.Cl. The number of rotatable bonds is 6. The number of carbonyl (C=O) groups is 2. The van der Waals surface area contributed by atoms with Crippen molar-refractivity contribution in [2.24, 2.45) is 17.6 Å². The lowest BCUT2D eigenvalue weighted by atomic mass is 9.94. The van der Waals surface area contributed by atoms with Gasteiger partial charge < -0.3 is 15.5 Å². The second kappa shape index (κ2) is 10.8. The van der Waals surface area contributed by atoms with E-state index in [4.69, 9.17) is 5.73 Å². The minimum absolute atomic E-state index is 0. The van der Waals surface area contributed by atoms with E-state index in [-0.39, 0.29) is 36.2 Å². The van der Waals surface area contributed by atoms with Gasteiger partial charge in [-0.3, -0.25) is 9.59 Å². The van der Waals surface area contributed by atoms with Gasteiger partial charge in [-0.1, -0.05) is 50.2 Å². The Morgan fingerprint density at radius 2 is 1.73 bits per heavy atom. The third-order valence-corrected chi connectivity index (χ3v) is 6.18. The van der Waals surface area contributed by atoms with Gasteiger partial charge >= 0.3 is 0 Å². The number of likely N-dealkylation sites (tertiary alicyclic amines) is 1. The maximum absolute atomic E-state index is 13.1. The Balaban J connectivity index is 0.00000320. The van der Waals surface area contributed by atoms with Crippen LogP contribution in [0, 0.1) is 11.8 Å². The van der Waals surface area contributed by atoms with Gasteiger partial charge in [-0.2, -0.15) is 0 Å². The van der Waals surface area contributed by atoms with Crippen molar-refractivity contribution < 1.29 is 9.59 Å². The van der Waals surface area contributed by atoms with Crippen molar-refractivity contribution in [3.63, 3.8) is 0 Å². The first kappa shape index (κ1) is 24.2. The van der Waals surface area contributed by atoms with Gasteiger partial charge in [0.1, 0.15) is 0 Å². The molecule has 0 bridgehead atoms. The summed E-state index contributed by atoms with van der Waals surface area (Å²) in [6, 6.07) is 13.9. The number of halogens is 1. The minimum Gasteiger partial charge on any atom is -0.345 e. The number of benzene rings is 2. The summed E-state index contributed by atoms with van der Waals surface area (Å²) in [4.78, 5) is 29.6. The molecule has 3 rings (SSSR count). The highest BCUT2D eigenvalue weighted by Crippen LogP contribution is 2.24. The average molecular weight is 432 g/mol. The number of hydrogen-bond donors (Lipinski definition) is 1. The monoisotopic (exact) mass is 431 g/mol. The van der Waals surface area contributed by atoms with E-state index in [1.54, 1.807) is 0 Å². The molecule has 1 fully saturated rings. The van der Waals surface area contributed by atoms with E-state index in [1.807, 2.05) is 59.3 Å². The highest BCUT2D eigenvalue weighted by atomic mass is 35.5. The third-order valence-electron chi connectivity index (χ3n) is 6.18. The van der Waals surface area contributed by atoms with Crippen LogP contribution >= 0.6 is 12.4 Å². The first-order valence-corrected chi connectivity index (χ1v) is 10.7.